The van der Waals surface area contributed by atoms with E-state index in [0.29, 0.717) is 23.7 Å². The average Bonchev–Trinajstić information content (AvgIpc) is 2.32. The van der Waals surface area contributed by atoms with Gasteiger partial charge in [0.25, 0.3) is 5.69 Å². The highest BCUT2D eigenvalue weighted by Crippen LogP contribution is 2.32. The molecule has 1 aromatic rings. The Morgan fingerprint density at radius 2 is 2.11 bits per heavy atom. The first kappa shape index (κ1) is 13.6. The van der Waals surface area contributed by atoms with Crippen molar-refractivity contribution >= 4 is 17.3 Å². The zero-order chi connectivity index (χ0) is 14.2. The number of anilines is 2. The minimum Gasteiger partial charge on any atom is -0.383 e. The predicted molar refractivity (Wildman–Crippen MR) is 75.1 cm³/mol. The summed E-state index contributed by atoms with van der Waals surface area (Å²) in [5.74, 6) is 1.89. The number of nitrogens with zero attached hydrogens (tertiary/aromatic N) is 3. The second kappa shape index (κ2) is 5.03. The fourth-order valence-electron chi connectivity index (χ4n) is 2.79. The van der Waals surface area contributed by atoms with Gasteiger partial charge in [0.1, 0.15) is 11.6 Å². The third kappa shape index (κ3) is 2.77. The molecule has 1 fully saturated rings. The maximum absolute atomic E-state index is 10.9. The summed E-state index contributed by atoms with van der Waals surface area (Å²) in [7, 11) is 0. The minimum absolute atomic E-state index is 0.000537. The molecule has 104 valence electrons. The number of aromatic nitrogens is 1. The second-order valence-corrected chi connectivity index (χ2v) is 5.58. The Hall–Kier alpha value is -1.85. The van der Waals surface area contributed by atoms with Gasteiger partial charge in [-0.1, -0.05) is 13.8 Å². The molecule has 3 unspecified atom stereocenters. The number of hydrogen-bond donors (Lipinski definition) is 1. The van der Waals surface area contributed by atoms with Crippen LogP contribution in [-0.4, -0.2) is 22.5 Å². The predicted octanol–water partition coefficient (Wildman–Crippen LogP) is 2.44. The monoisotopic (exact) mass is 264 g/mol. The first-order chi connectivity index (χ1) is 8.88. The molecule has 6 nitrogen and oxygen atoms in total. The number of piperidine rings is 1. The number of nitrogen functional groups attached to an aromatic ring is 1. The van der Waals surface area contributed by atoms with Gasteiger partial charge in [-0.15, -0.1) is 0 Å². The lowest BCUT2D eigenvalue weighted by atomic mass is 9.86. The van der Waals surface area contributed by atoms with Crippen molar-refractivity contribution < 1.29 is 4.92 Å². The molecule has 1 aliphatic heterocycles. The highest BCUT2D eigenvalue weighted by molar-refractivity contribution is 5.55. The van der Waals surface area contributed by atoms with Crippen molar-refractivity contribution in [3.63, 3.8) is 0 Å². The molecular weight excluding hydrogens is 244 g/mol. The van der Waals surface area contributed by atoms with Crippen molar-refractivity contribution in [3.8, 4) is 0 Å². The number of nitrogens with two attached hydrogens (primary N) is 1. The lowest BCUT2D eigenvalue weighted by Gasteiger charge is -2.41. The van der Waals surface area contributed by atoms with Gasteiger partial charge in [0.2, 0.25) is 0 Å². The molecule has 19 heavy (non-hydrogen) atoms. The number of pyridine rings is 1. The molecule has 0 bridgehead atoms. The van der Waals surface area contributed by atoms with Gasteiger partial charge in [-0.05, 0) is 25.2 Å². The Bertz CT molecular complexity index is 492. The van der Waals surface area contributed by atoms with E-state index in [0.717, 1.165) is 6.54 Å². The summed E-state index contributed by atoms with van der Waals surface area (Å²) in [6.07, 6.45) is 1.17. The molecule has 2 N–H and O–H groups in total. The fourth-order valence-corrected chi connectivity index (χ4v) is 2.79. The molecule has 2 rings (SSSR count). The van der Waals surface area contributed by atoms with Crippen molar-refractivity contribution in [1.82, 2.24) is 4.98 Å². The molecule has 1 saturated heterocycles. The zero-order valence-electron chi connectivity index (χ0n) is 11.5. The summed E-state index contributed by atoms with van der Waals surface area (Å²) in [6, 6.07) is 3.12. The number of nitro groups is 1. The summed E-state index contributed by atoms with van der Waals surface area (Å²) >= 11 is 0. The third-order valence-corrected chi connectivity index (χ3v) is 3.92. The van der Waals surface area contributed by atoms with Crippen LogP contribution in [0.5, 0.6) is 0 Å². The van der Waals surface area contributed by atoms with E-state index in [9.17, 15) is 10.1 Å². The van der Waals surface area contributed by atoms with E-state index in [4.69, 9.17) is 5.73 Å². The first-order valence-electron chi connectivity index (χ1n) is 6.57. The van der Waals surface area contributed by atoms with E-state index >= 15 is 0 Å². The average molecular weight is 264 g/mol. The van der Waals surface area contributed by atoms with E-state index in [1.54, 1.807) is 0 Å². The SMILES string of the molecule is CC1CC(C)C(C)N(c2cc([N+](=O)[O-])cc(N)n2)C1. The zero-order valence-corrected chi connectivity index (χ0v) is 11.5. The maximum Gasteiger partial charge on any atom is 0.276 e. The van der Waals surface area contributed by atoms with Crippen LogP contribution < -0.4 is 10.6 Å². The molecule has 6 heteroatoms. The summed E-state index contributed by atoms with van der Waals surface area (Å²) in [5.41, 5.74) is 5.68. The lowest BCUT2D eigenvalue weighted by Crippen LogP contribution is -2.46. The Balaban J connectivity index is 2.37. The topological polar surface area (TPSA) is 85.3 Å². The van der Waals surface area contributed by atoms with Crippen molar-refractivity contribution in [2.75, 3.05) is 17.2 Å². The summed E-state index contributed by atoms with van der Waals surface area (Å²) < 4.78 is 0. The van der Waals surface area contributed by atoms with Crippen LogP contribution in [0.1, 0.15) is 27.2 Å². The third-order valence-electron chi connectivity index (χ3n) is 3.92. The van der Waals surface area contributed by atoms with Crippen LogP contribution >= 0.6 is 0 Å². The Labute approximate surface area is 112 Å². The van der Waals surface area contributed by atoms with E-state index < -0.39 is 4.92 Å². The van der Waals surface area contributed by atoms with Crippen LogP contribution in [0.2, 0.25) is 0 Å². The van der Waals surface area contributed by atoms with Gasteiger partial charge in [0, 0.05) is 12.6 Å². The summed E-state index contributed by atoms with van der Waals surface area (Å²) in [6.45, 7) is 7.39. The van der Waals surface area contributed by atoms with Crippen LogP contribution in [0.15, 0.2) is 12.1 Å². The Morgan fingerprint density at radius 3 is 2.74 bits per heavy atom. The van der Waals surface area contributed by atoms with E-state index in [1.807, 2.05) is 0 Å². The molecule has 1 aliphatic rings. The molecule has 0 aromatic carbocycles. The van der Waals surface area contributed by atoms with Crippen molar-refractivity contribution in [2.45, 2.75) is 33.2 Å². The van der Waals surface area contributed by atoms with Crippen LogP contribution in [0, 0.1) is 22.0 Å². The van der Waals surface area contributed by atoms with Gasteiger partial charge >= 0.3 is 0 Å². The molecule has 2 heterocycles. The van der Waals surface area contributed by atoms with Crippen molar-refractivity contribution in [1.29, 1.82) is 0 Å². The molecule has 0 aliphatic carbocycles. The second-order valence-electron chi connectivity index (χ2n) is 5.58. The van der Waals surface area contributed by atoms with Crippen LogP contribution in [0.4, 0.5) is 17.3 Å². The molecule has 1 aromatic heterocycles. The largest absolute Gasteiger partial charge is 0.383 e. The van der Waals surface area contributed by atoms with Crippen LogP contribution in [-0.2, 0) is 0 Å². The van der Waals surface area contributed by atoms with Gasteiger partial charge in [-0.2, -0.15) is 0 Å². The molecule has 3 atom stereocenters. The highest BCUT2D eigenvalue weighted by atomic mass is 16.6. The van der Waals surface area contributed by atoms with Gasteiger partial charge in [0.15, 0.2) is 0 Å². The minimum atomic E-state index is -0.428. The van der Waals surface area contributed by atoms with Gasteiger partial charge in [-0.3, -0.25) is 10.1 Å². The standard InChI is InChI=1S/C13H20N4O2/c1-8-4-9(2)10(3)16(7-8)13-6-11(17(18)19)5-12(14)15-13/h5-6,8-10H,4,7H2,1-3H3,(H2,14,15). The Morgan fingerprint density at radius 1 is 1.42 bits per heavy atom. The smallest absolute Gasteiger partial charge is 0.276 e. The molecule has 0 amide bonds. The van der Waals surface area contributed by atoms with Crippen LogP contribution in [0.25, 0.3) is 0 Å². The quantitative estimate of drug-likeness (QED) is 0.655. The molecule has 0 saturated carbocycles. The summed E-state index contributed by atoms with van der Waals surface area (Å²) in [5, 5.41) is 10.9. The van der Waals surface area contributed by atoms with E-state index in [2.05, 4.69) is 30.7 Å². The normalized spacial score (nSPS) is 27.3. The highest BCUT2D eigenvalue weighted by Gasteiger charge is 2.30. The molecule has 0 radical (unpaired) electrons. The Kier molecular flexibility index (Phi) is 3.59. The van der Waals surface area contributed by atoms with E-state index in [1.165, 1.54) is 18.6 Å². The maximum atomic E-state index is 10.9. The number of rotatable bonds is 2. The summed E-state index contributed by atoms with van der Waals surface area (Å²) in [4.78, 5) is 16.9. The molecular formula is C13H20N4O2. The molecule has 0 spiro atoms. The van der Waals surface area contributed by atoms with Crippen molar-refractivity contribution in [2.24, 2.45) is 11.8 Å². The van der Waals surface area contributed by atoms with Gasteiger partial charge in [0.05, 0.1) is 17.1 Å². The van der Waals surface area contributed by atoms with Gasteiger partial charge < -0.3 is 10.6 Å². The first-order valence-corrected chi connectivity index (χ1v) is 6.57. The fraction of sp³-hybridized carbons (Fsp3) is 0.615. The number of hydrogen-bond acceptors (Lipinski definition) is 5. The van der Waals surface area contributed by atoms with Crippen molar-refractivity contribution in [3.05, 3.63) is 22.2 Å². The van der Waals surface area contributed by atoms with Crippen LogP contribution in [0.3, 0.4) is 0 Å². The van der Waals surface area contributed by atoms with Gasteiger partial charge in [-0.25, -0.2) is 4.98 Å². The lowest BCUT2D eigenvalue weighted by molar-refractivity contribution is -0.384. The van der Waals surface area contributed by atoms with E-state index in [-0.39, 0.29) is 11.5 Å².